The summed E-state index contributed by atoms with van der Waals surface area (Å²) in [5, 5.41) is 10.5. The molecule has 0 amide bonds. The first-order valence-corrected chi connectivity index (χ1v) is 8.66. The SMILES string of the molecule is Cc1cc(C(C)(O)CNS(=O)(=O)Cc2ccccc2)c(C)o1. The lowest BCUT2D eigenvalue weighted by Gasteiger charge is -2.23. The fourth-order valence-electron chi connectivity index (χ4n) is 2.36. The molecule has 2 N–H and O–H groups in total. The van der Waals surface area contributed by atoms with Crippen LogP contribution in [0.1, 0.15) is 29.6 Å². The molecule has 1 aromatic heterocycles. The van der Waals surface area contributed by atoms with Crippen LogP contribution in [0.2, 0.25) is 0 Å². The predicted octanol–water partition coefficient (Wildman–Crippen LogP) is 2.22. The fraction of sp³-hybridized carbons (Fsp3) is 0.375. The van der Waals surface area contributed by atoms with Crippen molar-refractivity contribution < 1.29 is 17.9 Å². The number of aryl methyl sites for hydroxylation is 2. The third-order valence-corrected chi connectivity index (χ3v) is 4.75. The maximum absolute atomic E-state index is 12.1. The Morgan fingerprint density at radius 1 is 1.23 bits per heavy atom. The number of hydrogen-bond acceptors (Lipinski definition) is 4. The van der Waals surface area contributed by atoms with Crippen molar-refractivity contribution in [1.82, 2.24) is 4.72 Å². The zero-order valence-electron chi connectivity index (χ0n) is 13.0. The quantitative estimate of drug-likeness (QED) is 0.854. The summed E-state index contributed by atoms with van der Waals surface area (Å²) in [5.41, 5.74) is -0.0385. The largest absolute Gasteiger partial charge is 0.466 e. The highest BCUT2D eigenvalue weighted by molar-refractivity contribution is 7.88. The Hall–Kier alpha value is -1.63. The Bertz CT molecular complexity index is 733. The molecule has 1 aromatic carbocycles. The van der Waals surface area contributed by atoms with E-state index in [4.69, 9.17) is 4.42 Å². The molecule has 22 heavy (non-hydrogen) atoms. The van der Waals surface area contributed by atoms with E-state index in [0.717, 1.165) is 0 Å². The topological polar surface area (TPSA) is 79.5 Å². The average Bonchev–Trinajstić information content (AvgIpc) is 2.77. The molecular formula is C16H21NO4S. The van der Waals surface area contributed by atoms with Crippen molar-refractivity contribution >= 4 is 10.0 Å². The average molecular weight is 323 g/mol. The maximum Gasteiger partial charge on any atom is 0.215 e. The van der Waals surface area contributed by atoms with Gasteiger partial charge in [-0.15, -0.1) is 0 Å². The molecule has 0 bridgehead atoms. The number of rotatable bonds is 6. The van der Waals surface area contributed by atoms with Gasteiger partial charge in [-0.3, -0.25) is 0 Å². The Morgan fingerprint density at radius 3 is 2.41 bits per heavy atom. The van der Waals surface area contributed by atoms with E-state index in [-0.39, 0.29) is 12.3 Å². The number of aliphatic hydroxyl groups is 1. The molecule has 2 rings (SSSR count). The Kier molecular flexibility index (Phi) is 4.75. The van der Waals surface area contributed by atoms with Gasteiger partial charge < -0.3 is 9.52 Å². The van der Waals surface area contributed by atoms with Gasteiger partial charge in [0.05, 0.1) is 5.75 Å². The Balaban J connectivity index is 2.06. The predicted molar refractivity (Wildman–Crippen MR) is 84.8 cm³/mol. The summed E-state index contributed by atoms with van der Waals surface area (Å²) < 4.78 is 32.1. The number of furan rings is 1. The van der Waals surface area contributed by atoms with E-state index in [2.05, 4.69) is 4.72 Å². The van der Waals surface area contributed by atoms with Gasteiger partial charge in [-0.2, -0.15) is 0 Å². The molecule has 0 saturated carbocycles. The van der Waals surface area contributed by atoms with Crippen LogP contribution >= 0.6 is 0 Å². The molecule has 1 heterocycles. The van der Waals surface area contributed by atoms with Crippen molar-refractivity contribution in [3.8, 4) is 0 Å². The van der Waals surface area contributed by atoms with Gasteiger partial charge in [-0.05, 0) is 32.4 Å². The summed E-state index contributed by atoms with van der Waals surface area (Å²) in [6.45, 7) is 4.98. The van der Waals surface area contributed by atoms with Gasteiger partial charge in [-0.25, -0.2) is 13.1 Å². The third kappa shape index (κ3) is 4.19. The van der Waals surface area contributed by atoms with Gasteiger partial charge in [-0.1, -0.05) is 30.3 Å². The van der Waals surface area contributed by atoms with Crippen LogP contribution in [0.15, 0.2) is 40.8 Å². The Morgan fingerprint density at radius 2 is 1.86 bits per heavy atom. The highest BCUT2D eigenvalue weighted by atomic mass is 32.2. The first-order valence-electron chi connectivity index (χ1n) is 7.01. The normalized spacial score (nSPS) is 14.7. The number of nitrogens with one attached hydrogen (secondary N) is 1. The monoisotopic (exact) mass is 323 g/mol. The molecule has 1 atom stereocenters. The number of hydrogen-bond donors (Lipinski definition) is 2. The molecule has 0 spiro atoms. The molecule has 0 fully saturated rings. The summed E-state index contributed by atoms with van der Waals surface area (Å²) in [6, 6.07) is 10.6. The van der Waals surface area contributed by atoms with Crippen molar-refractivity contribution in [2.24, 2.45) is 0 Å². The summed E-state index contributed by atoms with van der Waals surface area (Å²) in [4.78, 5) is 0. The highest BCUT2D eigenvalue weighted by Gasteiger charge is 2.29. The third-order valence-electron chi connectivity index (χ3n) is 3.46. The molecule has 0 aliphatic carbocycles. The van der Waals surface area contributed by atoms with Gasteiger partial charge in [0, 0.05) is 12.1 Å². The first kappa shape index (κ1) is 16.7. The van der Waals surface area contributed by atoms with Gasteiger partial charge in [0.2, 0.25) is 10.0 Å². The van der Waals surface area contributed by atoms with Crippen molar-refractivity contribution in [3.05, 3.63) is 59.0 Å². The van der Waals surface area contributed by atoms with Gasteiger partial charge >= 0.3 is 0 Å². The van der Waals surface area contributed by atoms with E-state index >= 15 is 0 Å². The minimum atomic E-state index is -3.52. The molecule has 0 aliphatic rings. The number of sulfonamides is 1. The van der Waals surface area contributed by atoms with Crippen LogP contribution in [0.3, 0.4) is 0 Å². The zero-order valence-corrected chi connectivity index (χ0v) is 13.8. The van der Waals surface area contributed by atoms with Crippen molar-refractivity contribution in [2.75, 3.05) is 6.54 Å². The van der Waals surface area contributed by atoms with Crippen LogP contribution in [0.25, 0.3) is 0 Å². The van der Waals surface area contributed by atoms with E-state index in [9.17, 15) is 13.5 Å². The summed E-state index contributed by atoms with van der Waals surface area (Å²) in [7, 11) is -3.52. The molecule has 0 aliphatic heterocycles. The lowest BCUT2D eigenvalue weighted by Crippen LogP contribution is -2.39. The highest BCUT2D eigenvalue weighted by Crippen LogP contribution is 2.26. The van der Waals surface area contributed by atoms with Crippen LogP contribution in [0.4, 0.5) is 0 Å². The Labute approximate surface area is 131 Å². The van der Waals surface area contributed by atoms with Crippen LogP contribution in [-0.4, -0.2) is 20.1 Å². The molecule has 0 radical (unpaired) electrons. The molecule has 5 nitrogen and oxygen atoms in total. The second-order valence-electron chi connectivity index (χ2n) is 5.67. The van der Waals surface area contributed by atoms with Crippen molar-refractivity contribution in [1.29, 1.82) is 0 Å². The summed E-state index contributed by atoms with van der Waals surface area (Å²) in [5.74, 6) is 1.15. The second kappa shape index (κ2) is 6.24. The van der Waals surface area contributed by atoms with E-state index in [0.29, 0.717) is 22.6 Å². The van der Waals surface area contributed by atoms with Crippen molar-refractivity contribution in [3.63, 3.8) is 0 Å². The van der Waals surface area contributed by atoms with E-state index in [1.54, 1.807) is 51.1 Å². The minimum Gasteiger partial charge on any atom is -0.466 e. The van der Waals surface area contributed by atoms with Crippen molar-refractivity contribution in [2.45, 2.75) is 32.1 Å². The molecular weight excluding hydrogens is 302 g/mol. The smallest absolute Gasteiger partial charge is 0.215 e. The van der Waals surface area contributed by atoms with Crippen LogP contribution in [0.5, 0.6) is 0 Å². The van der Waals surface area contributed by atoms with Crippen LogP contribution in [-0.2, 0) is 21.4 Å². The molecule has 2 aromatic rings. The van der Waals surface area contributed by atoms with Gasteiger partial charge in [0.15, 0.2) is 0 Å². The van der Waals surface area contributed by atoms with E-state index in [1.807, 2.05) is 6.07 Å². The number of benzene rings is 1. The standard InChI is InChI=1S/C16H21NO4S/c1-12-9-15(13(2)21-12)16(3,18)11-17-22(19,20)10-14-7-5-4-6-8-14/h4-9,17-18H,10-11H2,1-3H3. The minimum absolute atomic E-state index is 0.109. The summed E-state index contributed by atoms with van der Waals surface area (Å²) >= 11 is 0. The first-order chi connectivity index (χ1) is 10.2. The lowest BCUT2D eigenvalue weighted by atomic mass is 9.97. The molecule has 120 valence electrons. The van der Waals surface area contributed by atoms with Crippen LogP contribution in [0, 0.1) is 13.8 Å². The second-order valence-corrected chi connectivity index (χ2v) is 7.47. The van der Waals surface area contributed by atoms with E-state index in [1.165, 1.54) is 0 Å². The van der Waals surface area contributed by atoms with Gasteiger partial charge in [0.1, 0.15) is 17.1 Å². The zero-order chi connectivity index (χ0) is 16.4. The van der Waals surface area contributed by atoms with Gasteiger partial charge in [0.25, 0.3) is 0 Å². The van der Waals surface area contributed by atoms with Crippen LogP contribution < -0.4 is 4.72 Å². The summed E-state index contributed by atoms with van der Waals surface area (Å²) in [6.07, 6.45) is 0. The lowest BCUT2D eigenvalue weighted by molar-refractivity contribution is 0.0612. The molecule has 6 heteroatoms. The molecule has 0 saturated heterocycles. The maximum atomic E-state index is 12.1. The fourth-order valence-corrected chi connectivity index (χ4v) is 3.59. The van der Waals surface area contributed by atoms with E-state index < -0.39 is 15.6 Å². The molecule has 1 unspecified atom stereocenters.